The van der Waals surface area contributed by atoms with Gasteiger partial charge in [0.2, 0.25) is 10.6 Å². The highest BCUT2D eigenvalue weighted by molar-refractivity contribution is 7.07. The molecule has 0 aliphatic rings. The Labute approximate surface area is 189 Å². The molecular weight excluding hydrogens is 422 g/mol. The van der Waals surface area contributed by atoms with Crippen LogP contribution in [-0.4, -0.2) is 32.8 Å². The molecule has 0 amide bonds. The lowest BCUT2D eigenvalue weighted by Crippen LogP contribution is -2.12. The smallest absolute Gasteiger partial charge is 0.206 e. The van der Waals surface area contributed by atoms with Gasteiger partial charge in [-0.15, -0.1) is 17.9 Å². The van der Waals surface area contributed by atoms with E-state index in [1.54, 1.807) is 10.8 Å². The summed E-state index contributed by atoms with van der Waals surface area (Å²) in [5.74, 6) is -1.43. The van der Waals surface area contributed by atoms with Gasteiger partial charge in [0.05, 0.1) is 18.5 Å². The van der Waals surface area contributed by atoms with Gasteiger partial charge in [0.25, 0.3) is 0 Å². The summed E-state index contributed by atoms with van der Waals surface area (Å²) in [6, 6.07) is 21.1. The normalized spacial score (nSPS) is 11.8. The van der Waals surface area contributed by atoms with Gasteiger partial charge in [-0.05, 0) is 23.3 Å². The van der Waals surface area contributed by atoms with Crippen LogP contribution >= 0.6 is 11.3 Å². The van der Waals surface area contributed by atoms with Crippen LogP contribution in [0, 0.1) is 0 Å². The van der Waals surface area contributed by atoms with Crippen molar-refractivity contribution in [1.82, 2.24) is 4.68 Å². The molecule has 0 bridgehead atoms. The zero-order chi connectivity index (χ0) is 22.5. The van der Waals surface area contributed by atoms with Crippen LogP contribution in [-0.2, 0) is 0 Å². The average molecular weight is 444 g/mol. The van der Waals surface area contributed by atoms with E-state index in [1.165, 1.54) is 29.7 Å². The van der Waals surface area contributed by atoms with Crippen LogP contribution in [0.2, 0.25) is 0 Å². The summed E-state index contributed by atoms with van der Waals surface area (Å²) in [6.07, 6.45) is 3.11. The Hall–Kier alpha value is -4.10. The van der Waals surface area contributed by atoms with Gasteiger partial charge in [-0.2, -0.15) is 5.10 Å². The highest BCUT2D eigenvalue weighted by Crippen LogP contribution is 2.36. The SMILES string of the molecule is C=CCN=c1scc(-c2ccc(-c3ccccc3)cc2)n1N=Cc1ccc(O)c(O)c1O. The number of thiazole rings is 1. The Kier molecular flexibility index (Phi) is 6.19. The lowest BCUT2D eigenvalue weighted by molar-refractivity contribution is 0.367. The second kappa shape index (κ2) is 9.36. The van der Waals surface area contributed by atoms with Gasteiger partial charge in [0.15, 0.2) is 11.5 Å². The van der Waals surface area contributed by atoms with Crippen molar-refractivity contribution in [3.63, 3.8) is 0 Å². The quantitative estimate of drug-likeness (QED) is 0.223. The van der Waals surface area contributed by atoms with Crippen LogP contribution in [0.4, 0.5) is 0 Å². The Balaban J connectivity index is 1.75. The van der Waals surface area contributed by atoms with Crippen LogP contribution in [0.1, 0.15) is 5.56 Å². The molecule has 0 saturated carbocycles. The van der Waals surface area contributed by atoms with E-state index in [0.29, 0.717) is 11.3 Å². The second-order valence-electron chi connectivity index (χ2n) is 6.90. The molecule has 0 saturated heterocycles. The molecule has 0 fully saturated rings. The van der Waals surface area contributed by atoms with E-state index in [-0.39, 0.29) is 5.56 Å². The van der Waals surface area contributed by atoms with Crippen molar-refractivity contribution < 1.29 is 15.3 Å². The molecule has 0 unspecified atom stereocenters. The summed E-state index contributed by atoms with van der Waals surface area (Å²) in [6.45, 7) is 4.15. The predicted molar refractivity (Wildman–Crippen MR) is 128 cm³/mol. The van der Waals surface area contributed by atoms with Crippen molar-refractivity contribution in [2.24, 2.45) is 10.1 Å². The minimum Gasteiger partial charge on any atom is -0.504 e. The van der Waals surface area contributed by atoms with Gasteiger partial charge in [0.1, 0.15) is 0 Å². The van der Waals surface area contributed by atoms with E-state index in [4.69, 9.17) is 0 Å². The molecular formula is C25H21N3O3S. The van der Waals surface area contributed by atoms with Gasteiger partial charge in [-0.3, -0.25) is 4.99 Å². The number of aromatic nitrogens is 1. The van der Waals surface area contributed by atoms with Crippen LogP contribution in [0.15, 0.2) is 94.9 Å². The first-order chi connectivity index (χ1) is 15.6. The molecule has 3 aromatic carbocycles. The Bertz CT molecular complexity index is 1340. The minimum absolute atomic E-state index is 0.263. The summed E-state index contributed by atoms with van der Waals surface area (Å²) in [4.78, 5) is 5.16. The summed E-state index contributed by atoms with van der Waals surface area (Å²) in [5, 5.41) is 35.9. The molecule has 0 aliphatic heterocycles. The number of aromatic hydroxyl groups is 3. The third-order valence-corrected chi connectivity index (χ3v) is 5.66. The third kappa shape index (κ3) is 4.33. The highest BCUT2D eigenvalue weighted by atomic mass is 32.1. The van der Waals surface area contributed by atoms with Gasteiger partial charge in [-0.1, -0.05) is 60.7 Å². The van der Waals surface area contributed by atoms with E-state index in [2.05, 4.69) is 40.9 Å². The molecule has 0 radical (unpaired) electrons. The molecule has 3 N–H and O–H groups in total. The Morgan fingerprint density at radius 2 is 1.53 bits per heavy atom. The molecule has 1 aromatic heterocycles. The first kappa shape index (κ1) is 21.1. The average Bonchev–Trinajstić information content (AvgIpc) is 3.24. The fraction of sp³-hybridized carbons (Fsp3) is 0.0400. The zero-order valence-corrected chi connectivity index (χ0v) is 17.9. The molecule has 160 valence electrons. The van der Waals surface area contributed by atoms with E-state index >= 15 is 0 Å². The number of phenols is 3. The monoisotopic (exact) mass is 443 g/mol. The summed E-state index contributed by atoms with van der Waals surface area (Å²) in [5.41, 5.74) is 4.30. The van der Waals surface area contributed by atoms with Crippen LogP contribution in [0.25, 0.3) is 22.4 Å². The number of rotatable bonds is 6. The number of hydrogen-bond donors (Lipinski definition) is 3. The molecule has 4 rings (SSSR count). The second-order valence-corrected chi connectivity index (χ2v) is 7.74. The lowest BCUT2D eigenvalue weighted by atomic mass is 10.0. The third-order valence-electron chi connectivity index (χ3n) is 4.80. The van der Waals surface area contributed by atoms with Crippen molar-refractivity contribution >= 4 is 17.6 Å². The van der Waals surface area contributed by atoms with Crippen LogP contribution < -0.4 is 4.80 Å². The maximum atomic E-state index is 10.1. The fourth-order valence-electron chi connectivity index (χ4n) is 3.13. The molecule has 6 nitrogen and oxygen atoms in total. The maximum Gasteiger partial charge on any atom is 0.206 e. The Morgan fingerprint density at radius 1 is 0.844 bits per heavy atom. The van der Waals surface area contributed by atoms with Gasteiger partial charge >= 0.3 is 0 Å². The van der Waals surface area contributed by atoms with Crippen molar-refractivity contribution in [2.45, 2.75) is 0 Å². The van der Waals surface area contributed by atoms with Crippen molar-refractivity contribution in [1.29, 1.82) is 0 Å². The summed E-state index contributed by atoms with van der Waals surface area (Å²) < 4.78 is 1.68. The number of phenolic OH excluding ortho intramolecular Hbond substituents is 3. The first-order valence-electron chi connectivity index (χ1n) is 9.84. The van der Waals surface area contributed by atoms with Crippen molar-refractivity contribution in [2.75, 3.05) is 6.54 Å². The molecule has 7 heteroatoms. The summed E-state index contributed by atoms with van der Waals surface area (Å²) in [7, 11) is 0. The van der Waals surface area contributed by atoms with Gasteiger partial charge in [-0.25, -0.2) is 4.68 Å². The molecule has 0 aliphatic carbocycles. The molecule has 4 aromatic rings. The van der Waals surface area contributed by atoms with E-state index in [9.17, 15) is 15.3 Å². The van der Waals surface area contributed by atoms with Crippen molar-refractivity contribution in [3.8, 4) is 39.6 Å². The van der Waals surface area contributed by atoms with Gasteiger partial charge in [0, 0.05) is 16.5 Å². The molecule has 32 heavy (non-hydrogen) atoms. The standard InChI is InChI=1S/C25H21N3O3S/c1-2-14-26-25-28(27-15-20-12-13-22(29)24(31)23(20)30)21(16-32-25)19-10-8-18(9-11-19)17-6-4-3-5-7-17/h2-13,15-16,29-31H,1,14H2. The van der Waals surface area contributed by atoms with Crippen molar-refractivity contribution in [3.05, 3.63) is 95.1 Å². The number of hydrogen-bond acceptors (Lipinski definition) is 6. The topological polar surface area (TPSA) is 90.3 Å². The lowest BCUT2D eigenvalue weighted by Gasteiger charge is -2.07. The first-order valence-corrected chi connectivity index (χ1v) is 10.7. The fourth-order valence-corrected chi connectivity index (χ4v) is 3.98. The summed E-state index contributed by atoms with van der Waals surface area (Å²) >= 11 is 1.44. The number of benzene rings is 3. The van der Waals surface area contributed by atoms with E-state index in [0.717, 1.165) is 22.4 Å². The van der Waals surface area contributed by atoms with Crippen LogP contribution in [0.5, 0.6) is 17.2 Å². The van der Waals surface area contributed by atoms with Gasteiger partial charge < -0.3 is 15.3 Å². The number of nitrogens with zero attached hydrogens (tertiary/aromatic N) is 3. The predicted octanol–water partition coefficient (Wildman–Crippen LogP) is 4.97. The molecule has 0 spiro atoms. The largest absolute Gasteiger partial charge is 0.504 e. The molecule has 0 atom stereocenters. The van der Waals surface area contributed by atoms with E-state index < -0.39 is 17.2 Å². The molecule has 1 heterocycles. The zero-order valence-electron chi connectivity index (χ0n) is 17.1. The maximum absolute atomic E-state index is 10.1. The minimum atomic E-state index is -0.586. The highest BCUT2D eigenvalue weighted by Gasteiger charge is 2.11. The van der Waals surface area contributed by atoms with Crippen LogP contribution in [0.3, 0.4) is 0 Å². The Morgan fingerprint density at radius 3 is 2.25 bits per heavy atom. The van der Waals surface area contributed by atoms with E-state index in [1.807, 2.05) is 35.7 Å².